The first-order valence-corrected chi connectivity index (χ1v) is 7.52. The Bertz CT molecular complexity index is 617. The van der Waals surface area contributed by atoms with Gasteiger partial charge in [0.25, 0.3) is 0 Å². The van der Waals surface area contributed by atoms with Crippen molar-refractivity contribution in [2.75, 3.05) is 4.72 Å². The van der Waals surface area contributed by atoms with E-state index in [4.69, 9.17) is 11.6 Å². The Labute approximate surface area is 121 Å². The highest BCUT2D eigenvalue weighted by Gasteiger charge is 2.09. The van der Waals surface area contributed by atoms with E-state index in [1.807, 2.05) is 13.8 Å². The number of rotatable bonds is 3. The van der Waals surface area contributed by atoms with Gasteiger partial charge in [-0.3, -0.25) is 0 Å². The number of halogens is 1. The van der Waals surface area contributed by atoms with Crippen LogP contribution in [0.2, 0.25) is 5.02 Å². The average Bonchev–Trinajstić information content (AvgIpc) is 2.33. The van der Waals surface area contributed by atoms with E-state index in [-0.39, 0.29) is 0 Å². The van der Waals surface area contributed by atoms with Crippen LogP contribution in [0.25, 0.3) is 0 Å². The molecule has 0 heterocycles. The molecule has 0 aliphatic rings. The molecule has 0 saturated carbocycles. The van der Waals surface area contributed by atoms with Crippen molar-refractivity contribution in [1.82, 2.24) is 0 Å². The van der Waals surface area contributed by atoms with Crippen molar-refractivity contribution >= 4 is 28.3 Å². The molecule has 2 rings (SSSR count). The molecule has 1 N–H and O–H groups in total. The maximum absolute atomic E-state index is 12.3. The van der Waals surface area contributed by atoms with Crippen LogP contribution in [-0.2, 0) is 11.0 Å². The van der Waals surface area contributed by atoms with E-state index in [0.717, 1.165) is 16.8 Å². The summed E-state index contributed by atoms with van der Waals surface area (Å²) in [5, 5.41) is 0.588. The minimum absolute atomic E-state index is 0.588. The van der Waals surface area contributed by atoms with E-state index in [2.05, 4.69) is 23.8 Å². The van der Waals surface area contributed by atoms with Gasteiger partial charge in [0.1, 0.15) is 11.0 Å². The van der Waals surface area contributed by atoms with Crippen molar-refractivity contribution in [3.8, 4) is 0 Å². The number of anilines is 1. The van der Waals surface area contributed by atoms with Gasteiger partial charge < -0.3 is 4.72 Å². The number of hydrogen-bond donors (Lipinski definition) is 1. The number of aryl methyl sites for hydroxylation is 3. The van der Waals surface area contributed by atoms with Gasteiger partial charge in [-0.2, -0.15) is 0 Å². The van der Waals surface area contributed by atoms with Gasteiger partial charge in [-0.15, -0.1) is 0 Å². The van der Waals surface area contributed by atoms with Crippen LogP contribution >= 0.6 is 11.6 Å². The zero-order chi connectivity index (χ0) is 14.0. The van der Waals surface area contributed by atoms with Crippen molar-refractivity contribution in [3.05, 3.63) is 58.1 Å². The first kappa shape index (κ1) is 14.1. The van der Waals surface area contributed by atoms with Gasteiger partial charge in [0.05, 0.1) is 10.6 Å². The molecule has 0 radical (unpaired) electrons. The molecule has 4 heteroatoms. The van der Waals surface area contributed by atoms with Crippen molar-refractivity contribution in [2.45, 2.75) is 25.7 Å². The van der Waals surface area contributed by atoms with Crippen LogP contribution in [0.4, 0.5) is 5.69 Å². The lowest BCUT2D eigenvalue weighted by atomic mass is 10.1. The number of nitrogens with one attached hydrogen (secondary N) is 1. The molecule has 0 aromatic heterocycles. The molecule has 100 valence electrons. The Balaban J connectivity index is 2.29. The molecule has 0 aliphatic heterocycles. The Morgan fingerprint density at radius 2 is 1.68 bits per heavy atom. The number of hydrogen-bond acceptors (Lipinski definition) is 1. The maximum atomic E-state index is 12.3. The third-order valence-corrected chi connectivity index (χ3v) is 4.19. The fourth-order valence-electron chi connectivity index (χ4n) is 2.07. The van der Waals surface area contributed by atoms with E-state index < -0.39 is 11.0 Å². The molecule has 0 fully saturated rings. The summed E-state index contributed by atoms with van der Waals surface area (Å²) in [6.45, 7) is 6.08. The summed E-state index contributed by atoms with van der Waals surface area (Å²) >= 11 is 5.91. The van der Waals surface area contributed by atoms with E-state index in [1.54, 1.807) is 24.3 Å². The van der Waals surface area contributed by atoms with Crippen LogP contribution in [0, 0.1) is 20.8 Å². The summed E-state index contributed by atoms with van der Waals surface area (Å²) < 4.78 is 15.4. The highest BCUT2D eigenvalue weighted by Crippen LogP contribution is 2.24. The lowest BCUT2D eigenvalue weighted by Crippen LogP contribution is -2.07. The van der Waals surface area contributed by atoms with Gasteiger partial charge in [0.15, 0.2) is 0 Å². The molecule has 0 aliphatic carbocycles. The van der Waals surface area contributed by atoms with Gasteiger partial charge in [-0.1, -0.05) is 35.4 Å². The first-order chi connectivity index (χ1) is 8.97. The zero-order valence-corrected chi connectivity index (χ0v) is 12.7. The monoisotopic (exact) mass is 293 g/mol. The highest BCUT2D eigenvalue weighted by atomic mass is 35.5. The number of benzene rings is 2. The predicted molar refractivity (Wildman–Crippen MR) is 82.1 cm³/mol. The van der Waals surface area contributed by atoms with Crippen LogP contribution in [0.1, 0.15) is 16.7 Å². The van der Waals surface area contributed by atoms with E-state index in [9.17, 15) is 4.21 Å². The van der Waals surface area contributed by atoms with Gasteiger partial charge in [-0.25, -0.2) is 4.21 Å². The molecular weight excluding hydrogens is 278 g/mol. The maximum Gasteiger partial charge on any atom is 0.150 e. The van der Waals surface area contributed by atoms with Crippen LogP contribution < -0.4 is 4.72 Å². The SMILES string of the molecule is Cc1cc(C)c(NS(=O)c2cccc(Cl)c2)c(C)c1. The van der Waals surface area contributed by atoms with Crippen LogP contribution in [-0.4, -0.2) is 4.21 Å². The minimum Gasteiger partial charge on any atom is -0.301 e. The fourth-order valence-corrected chi connectivity index (χ4v) is 3.39. The second-order valence-corrected chi connectivity index (χ2v) is 6.25. The zero-order valence-electron chi connectivity index (χ0n) is 11.2. The Kier molecular flexibility index (Phi) is 4.27. The van der Waals surface area contributed by atoms with Crippen molar-refractivity contribution < 1.29 is 4.21 Å². The average molecular weight is 294 g/mol. The fraction of sp³-hybridized carbons (Fsp3) is 0.200. The topological polar surface area (TPSA) is 29.1 Å². The second kappa shape index (κ2) is 5.76. The van der Waals surface area contributed by atoms with E-state index in [1.165, 1.54) is 5.56 Å². The summed E-state index contributed by atoms with van der Waals surface area (Å²) in [4.78, 5) is 0.673. The quantitative estimate of drug-likeness (QED) is 0.893. The molecule has 0 spiro atoms. The molecule has 0 bridgehead atoms. The third-order valence-electron chi connectivity index (χ3n) is 2.88. The normalized spacial score (nSPS) is 12.2. The molecule has 2 aromatic rings. The molecule has 1 unspecified atom stereocenters. The molecule has 2 aromatic carbocycles. The molecule has 19 heavy (non-hydrogen) atoms. The second-order valence-electron chi connectivity index (χ2n) is 4.60. The Morgan fingerprint density at radius 1 is 1.05 bits per heavy atom. The molecule has 0 amide bonds. The molecular formula is C15H16ClNOS. The third kappa shape index (κ3) is 3.37. The predicted octanol–water partition coefficient (Wildman–Crippen LogP) is 4.40. The summed E-state index contributed by atoms with van der Waals surface area (Å²) in [5.74, 6) is 0. The summed E-state index contributed by atoms with van der Waals surface area (Å²) in [7, 11) is -1.31. The van der Waals surface area contributed by atoms with Gasteiger partial charge in [-0.05, 0) is 50.1 Å². The van der Waals surface area contributed by atoms with Gasteiger partial charge >= 0.3 is 0 Å². The van der Waals surface area contributed by atoms with E-state index >= 15 is 0 Å². The van der Waals surface area contributed by atoms with Crippen LogP contribution in [0.3, 0.4) is 0 Å². The standard InChI is InChI=1S/C15H16ClNOS/c1-10-7-11(2)15(12(3)8-10)17-19(18)14-6-4-5-13(16)9-14/h4-9,17H,1-3H3. The lowest BCUT2D eigenvalue weighted by Gasteiger charge is -2.13. The van der Waals surface area contributed by atoms with Crippen molar-refractivity contribution in [2.24, 2.45) is 0 Å². The van der Waals surface area contributed by atoms with Crippen molar-refractivity contribution in [1.29, 1.82) is 0 Å². The van der Waals surface area contributed by atoms with Crippen LogP contribution in [0.5, 0.6) is 0 Å². The molecule has 2 nitrogen and oxygen atoms in total. The highest BCUT2D eigenvalue weighted by molar-refractivity contribution is 7.86. The Morgan fingerprint density at radius 3 is 2.26 bits per heavy atom. The summed E-state index contributed by atoms with van der Waals surface area (Å²) in [6, 6.07) is 11.2. The van der Waals surface area contributed by atoms with Gasteiger partial charge in [0.2, 0.25) is 0 Å². The first-order valence-electron chi connectivity index (χ1n) is 5.99. The molecule has 0 saturated heterocycles. The lowest BCUT2D eigenvalue weighted by molar-refractivity contribution is 0.686. The van der Waals surface area contributed by atoms with Crippen molar-refractivity contribution in [3.63, 3.8) is 0 Å². The van der Waals surface area contributed by atoms with Crippen LogP contribution in [0.15, 0.2) is 41.3 Å². The van der Waals surface area contributed by atoms with E-state index in [0.29, 0.717) is 9.92 Å². The molecule has 1 atom stereocenters. The minimum atomic E-state index is -1.31. The summed E-state index contributed by atoms with van der Waals surface area (Å²) in [6.07, 6.45) is 0. The van der Waals surface area contributed by atoms with Gasteiger partial charge in [0, 0.05) is 5.02 Å². The Hall–Kier alpha value is -1.32. The summed E-state index contributed by atoms with van der Waals surface area (Å²) in [5.41, 5.74) is 4.30. The largest absolute Gasteiger partial charge is 0.301 e. The smallest absolute Gasteiger partial charge is 0.150 e.